The van der Waals surface area contributed by atoms with Crippen LogP contribution in [0.2, 0.25) is 0 Å². The van der Waals surface area contributed by atoms with Crippen LogP contribution < -0.4 is 11.1 Å². The molecule has 0 spiro atoms. The summed E-state index contributed by atoms with van der Waals surface area (Å²) in [5, 5.41) is 13.8. The van der Waals surface area contributed by atoms with E-state index in [-0.39, 0.29) is 5.69 Å². The summed E-state index contributed by atoms with van der Waals surface area (Å²) < 4.78 is 0.633. The molecule has 0 aliphatic heterocycles. The maximum Gasteiger partial charge on any atom is 0.270 e. The molecule has 0 fully saturated rings. The molecule has 2 aromatic carbocycles. The fourth-order valence-electron chi connectivity index (χ4n) is 1.44. The lowest BCUT2D eigenvalue weighted by Gasteiger charge is -2.08. The van der Waals surface area contributed by atoms with Gasteiger partial charge in [-0.25, -0.2) is 0 Å². The second-order valence-electron chi connectivity index (χ2n) is 3.67. The van der Waals surface area contributed by atoms with Gasteiger partial charge < -0.3 is 11.1 Å². The van der Waals surface area contributed by atoms with E-state index in [0.29, 0.717) is 10.2 Å². The predicted molar refractivity (Wildman–Crippen MR) is 74.9 cm³/mol. The van der Waals surface area contributed by atoms with E-state index >= 15 is 0 Å². The summed E-state index contributed by atoms with van der Waals surface area (Å²) in [6.07, 6.45) is 0. The average Bonchev–Trinajstić information content (AvgIpc) is 2.34. The van der Waals surface area contributed by atoms with Crippen molar-refractivity contribution in [3.63, 3.8) is 0 Å². The van der Waals surface area contributed by atoms with Crippen LogP contribution in [0.1, 0.15) is 0 Å². The van der Waals surface area contributed by atoms with E-state index in [1.807, 2.05) is 12.1 Å². The molecule has 0 saturated carbocycles. The topological polar surface area (TPSA) is 81.2 Å². The van der Waals surface area contributed by atoms with Gasteiger partial charge in [-0.2, -0.15) is 0 Å². The number of nitrogens with two attached hydrogens (primary N) is 1. The van der Waals surface area contributed by atoms with Crippen molar-refractivity contribution in [2.45, 2.75) is 0 Å². The zero-order valence-electron chi connectivity index (χ0n) is 9.26. The lowest BCUT2D eigenvalue weighted by atomic mass is 10.2. The number of non-ortho nitro benzene ring substituents is 1. The molecular formula is C12H10BrN3O2. The van der Waals surface area contributed by atoms with Crippen LogP contribution in [0.3, 0.4) is 0 Å². The lowest BCUT2D eigenvalue weighted by molar-refractivity contribution is -0.384. The van der Waals surface area contributed by atoms with Crippen LogP contribution in [0.4, 0.5) is 22.7 Å². The zero-order chi connectivity index (χ0) is 13.1. The number of hydrogen-bond donors (Lipinski definition) is 2. The standard InChI is InChI=1S/C12H10BrN3O2/c13-11-7-10(16(17)18)5-6-12(11)15-9-3-1-8(14)2-4-9/h1-7,15H,14H2. The molecule has 0 atom stereocenters. The second kappa shape index (κ2) is 5.05. The molecule has 3 N–H and O–H groups in total. The van der Waals surface area contributed by atoms with E-state index < -0.39 is 4.92 Å². The first kappa shape index (κ1) is 12.4. The maximum atomic E-state index is 10.6. The highest BCUT2D eigenvalue weighted by Gasteiger charge is 2.08. The highest BCUT2D eigenvalue weighted by molar-refractivity contribution is 9.10. The predicted octanol–water partition coefficient (Wildman–Crippen LogP) is 3.68. The van der Waals surface area contributed by atoms with Crippen LogP contribution in [0.15, 0.2) is 46.9 Å². The van der Waals surface area contributed by atoms with Crippen molar-refractivity contribution in [2.24, 2.45) is 0 Å². The fourth-order valence-corrected chi connectivity index (χ4v) is 1.91. The van der Waals surface area contributed by atoms with E-state index in [2.05, 4.69) is 21.2 Å². The summed E-state index contributed by atoms with van der Waals surface area (Å²) in [6.45, 7) is 0. The molecule has 0 saturated heterocycles. The smallest absolute Gasteiger partial charge is 0.270 e. The summed E-state index contributed by atoms with van der Waals surface area (Å²) in [5.74, 6) is 0. The number of halogens is 1. The minimum Gasteiger partial charge on any atom is -0.399 e. The van der Waals surface area contributed by atoms with E-state index in [9.17, 15) is 10.1 Å². The maximum absolute atomic E-state index is 10.6. The first-order valence-electron chi connectivity index (χ1n) is 5.13. The lowest BCUT2D eigenvalue weighted by Crippen LogP contribution is -1.94. The molecule has 0 aromatic heterocycles. The van der Waals surface area contributed by atoms with Crippen LogP contribution in [0.25, 0.3) is 0 Å². The van der Waals surface area contributed by atoms with Gasteiger partial charge in [0.25, 0.3) is 5.69 Å². The molecule has 0 amide bonds. The summed E-state index contributed by atoms with van der Waals surface area (Å²) in [4.78, 5) is 10.2. The summed E-state index contributed by atoms with van der Waals surface area (Å²) in [7, 11) is 0. The van der Waals surface area contributed by atoms with E-state index in [4.69, 9.17) is 5.73 Å². The van der Waals surface area contributed by atoms with Crippen LogP contribution >= 0.6 is 15.9 Å². The Bertz CT molecular complexity index is 584. The molecule has 92 valence electrons. The number of nitrogens with zero attached hydrogens (tertiary/aromatic N) is 1. The minimum atomic E-state index is -0.433. The van der Waals surface area contributed by atoms with Gasteiger partial charge in [-0.1, -0.05) is 0 Å². The molecule has 5 nitrogen and oxygen atoms in total. The van der Waals surface area contributed by atoms with Gasteiger partial charge in [0, 0.05) is 28.0 Å². The quantitative estimate of drug-likeness (QED) is 0.515. The molecule has 18 heavy (non-hydrogen) atoms. The number of anilines is 3. The number of nitrogen functional groups attached to an aromatic ring is 1. The first-order valence-corrected chi connectivity index (χ1v) is 5.92. The van der Waals surface area contributed by atoms with Gasteiger partial charge in [0.05, 0.1) is 10.6 Å². The zero-order valence-corrected chi connectivity index (χ0v) is 10.8. The Balaban J connectivity index is 2.24. The van der Waals surface area contributed by atoms with Gasteiger partial charge in [0.15, 0.2) is 0 Å². The summed E-state index contributed by atoms with van der Waals surface area (Å²) >= 11 is 3.30. The van der Waals surface area contributed by atoms with Gasteiger partial charge in [0.2, 0.25) is 0 Å². The summed E-state index contributed by atoms with van der Waals surface area (Å²) in [6, 6.07) is 11.8. The van der Waals surface area contributed by atoms with Gasteiger partial charge in [0.1, 0.15) is 0 Å². The Labute approximate surface area is 112 Å². The molecular weight excluding hydrogens is 298 g/mol. The fraction of sp³-hybridized carbons (Fsp3) is 0. The molecule has 0 radical (unpaired) electrons. The van der Waals surface area contributed by atoms with Crippen molar-refractivity contribution in [3.8, 4) is 0 Å². The van der Waals surface area contributed by atoms with Crippen molar-refractivity contribution in [1.82, 2.24) is 0 Å². The molecule has 0 bridgehead atoms. The third kappa shape index (κ3) is 2.78. The number of benzene rings is 2. The Hall–Kier alpha value is -2.08. The Morgan fingerprint density at radius 2 is 1.83 bits per heavy atom. The van der Waals surface area contributed by atoms with Crippen LogP contribution in [0, 0.1) is 10.1 Å². The van der Waals surface area contributed by atoms with Crippen molar-refractivity contribution in [1.29, 1.82) is 0 Å². The normalized spacial score (nSPS) is 10.1. The number of nitro groups is 1. The number of nitrogens with one attached hydrogen (secondary N) is 1. The van der Waals surface area contributed by atoms with E-state index in [1.54, 1.807) is 18.2 Å². The molecule has 0 heterocycles. The van der Waals surface area contributed by atoms with Gasteiger partial charge in [-0.3, -0.25) is 10.1 Å². The monoisotopic (exact) mass is 307 g/mol. The van der Waals surface area contributed by atoms with Gasteiger partial charge in [-0.05, 0) is 46.3 Å². The Kier molecular flexibility index (Phi) is 3.47. The van der Waals surface area contributed by atoms with Crippen LogP contribution in [0.5, 0.6) is 0 Å². The second-order valence-corrected chi connectivity index (χ2v) is 4.52. The molecule has 2 aromatic rings. The molecule has 0 aliphatic rings. The van der Waals surface area contributed by atoms with Crippen LogP contribution in [-0.2, 0) is 0 Å². The molecule has 2 rings (SSSR count). The number of nitro benzene ring substituents is 1. The summed E-state index contributed by atoms with van der Waals surface area (Å²) in [5.41, 5.74) is 7.94. The number of hydrogen-bond acceptors (Lipinski definition) is 4. The SMILES string of the molecule is Nc1ccc(Nc2ccc([N+](=O)[O-])cc2Br)cc1. The average molecular weight is 308 g/mol. The Morgan fingerprint density at radius 1 is 1.17 bits per heavy atom. The van der Waals surface area contributed by atoms with E-state index in [0.717, 1.165) is 11.4 Å². The van der Waals surface area contributed by atoms with Crippen molar-refractivity contribution >= 4 is 38.7 Å². The highest BCUT2D eigenvalue weighted by atomic mass is 79.9. The van der Waals surface area contributed by atoms with Gasteiger partial charge in [-0.15, -0.1) is 0 Å². The third-order valence-electron chi connectivity index (χ3n) is 2.35. The van der Waals surface area contributed by atoms with Crippen molar-refractivity contribution in [3.05, 3.63) is 57.1 Å². The first-order chi connectivity index (χ1) is 8.56. The third-order valence-corrected chi connectivity index (χ3v) is 3.01. The van der Waals surface area contributed by atoms with Crippen molar-refractivity contribution in [2.75, 3.05) is 11.1 Å². The van der Waals surface area contributed by atoms with Crippen molar-refractivity contribution < 1.29 is 4.92 Å². The van der Waals surface area contributed by atoms with E-state index in [1.165, 1.54) is 12.1 Å². The molecule has 6 heteroatoms. The van der Waals surface area contributed by atoms with Crippen LogP contribution in [-0.4, -0.2) is 4.92 Å². The molecule has 0 unspecified atom stereocenters. The molecule has 0 aliphatic carbocycles. The highest BCUT2D eigenvalue weighted by Crippen LogP contribution is 2.29. The van der Waals surface area contributed by atoms with Gasteiger partial charge >= 0.3 is 0 Å². The Morgan fingerprint density at radius 3 is 2.39 bits per heavy atom. The minimum absolute atomic E-state index is 0.0460. The number of rotatable bonds is 3. The largest absolute Gasteiger partial charge is 0.399 e.